The fourth-order valence-corrected chi connectivity index (χ4v) is 1.97. The second kappa shape index (κ2) is 3.32. The van der Waals surface area contributed by atoms with Crippen LogP contribution in [-0.4, -0.2) is 18.4 Å². The van der Waals surface area contributed by atoms with E-state index in [4.69, 9.17) is 10.7 Å². The molecule has 0 radical (unpaired) electrons. The maximum atomic E-state index is 11.3. The van der Waals surface area contributed by atoms with Gasteiger partial charge in [-0.15, -0.1) is 0 Å². The minimum Gasteiger partial charge on any atom is -0.313 e. The summed E-state index contributed by atoms with van der Waals surface area (Å²) in [5, 5.41) is 0.321. The Morgan fingerprint density at radius 3 is 2.73 bits per heavy atom. The van der Waals surface area contributed by atoms with Crippen LogP contribution in [0.3, 0.4) is 0 Å². The van der Waals surface area contributed by atoms with Crippen molar-refractivity contribution in [1.29, 1.82) is 0 Å². The van der Waals surface area contributed by atoms with E-state index in [1.807, 2.05) is 0 Å². The number of fused-ring (bicyclic) bond motifs is 1. The van der Waals surface area contributed by atoms with Gasteiger partial charge in [-0.2, -0.15) is 0 Å². The van der Waals surface area contributed by atoms with Crippen LogP contribution in [0.2, 0.25) is 0 Å². The molecular formula is C8H5ClN2O3S. The number of aromatic nitrogens is 2. The maximum Gasteiger partial charge on any atom is 0.261 e. The van der Waals surface area contributed by atoms with E-state index in [2.05, 4.69) is 9.97 Å². The first-order valence-electron chi connectivity index (χ1n) is 3.90. The second-order valence-corrected chi connectivity index (χ2v) is 5.41. The highest BCUT2D eigenvalue weighted by atomic mass is 35.7. The summed E-state index contributed by atoms with van der Waals surface area (Å²) < 4.78 is 22.0. The molecule has 7 heteroatoms. The highest BCUT2D eigenvalue weighted by Crippen LogP contribution is 2.17. The number of hydrogen-bond acceptors (Lipinski definition) is 4. The molecule has 0 aliphatic heterocycles. The van der Waals surface area contributed by atoms with Crippen molar-refractivity contribution in [1.82, 2.24) is 9.97 Å². The van der Waals surface area contributed by atoms with Gasteiger partial charge in [-0.1, -0.05) is 0 Å². The third kappa shape index (κ3) is 1.86. The Kier molecular flexibility index (Phi) is 2.24. The Balaban J connectivity index is 2.85. The van der Waals surface area contributed by atoms with Gasteiger partial charge in [0.05, 0.1) is 22.1 Å². The van der Waals surface area contributed by atoms with Crippen molar-refractivity contribution in [3.8, 4) is 0 Å². The number of halogens is 1. The molecule has 1 aromatic carbocycles. The third-order valence-corrected chi connectivity index (χ3v) is 3.25. The van der Waals surface area contributed by atoms with Crippen LogP contribution in [0.5, 0.6) is 0 Å². The van der Waals surface area contributed by atoms with Crippen molar-refractivity contribution >= 4 is 30.6 Å². The summed E-state index contributed by atoms with van der Waals surface area (Å²) in [7, 11) is 1.37. The van der Waals surface area contributed by atoms with Crippen molar-refractivity contribution < 1.29 is 8.42 Å². The normalized spacial score (nSPS) is 11.8. The highest BCUT2D eigenvalue weighted by Gasteiger charge is 2.11. The predicted molar refractivity (Wildman–Crippen MR) is 55.4 cm³/mol. The van der Waals surface area contributed by atoms with Gasteiger partial charge in [0.1, 0.15) is 0 Å². The molecule has 0 aliphatic carbocycles. The lowest BCUT2D eigenvalue weighted by Gasteiger charge is -1.98. The molecule has 0 atom stereocenters. The van der Waals surface area contributed by atoms with E-state index in [9.17, 15) is 13.2 Å². The van der Waals surface area contributed by atoms with E-state index >= 15 is 0 Å². The molecule has 0 spiro atoms. The zero-order valence-corrected chi connectivity index (χ0v) is 8.84. The highest BCUT2D eigenvalue weighted by molar-refractivity contribution is 8.13. The lowest BCUT2D eigenvalue weighted by Crippen LogP contribution is -2.06. The van der Waals surface area contributed by atoms with Crippen LogP contribution in [0, 0.1) is 0 Å². The molecule has 78 valence electrons. The van der Waals surface area contributed by atoms with Crippen LogP contribution in [0.15, 0.2) is 34.2 Å². The number of aromatic amines is 1. The lowest BCUT2D eigenvalue weighted by molar-refractivity contribution is 0.609. The predicted octanol–water partition coefficient (Wildman–Crippen LogP) is 0.851. The van der Waals surface area contributed by atoms with Gasteiger partial charge >= 0.3 is 0 Å². The summed E-state index contributed by atoms with van der Waals surface area (Å²) in [6.45, 7) is 0. The first-order valence-corrected chi connectivity index (χ1v) is 6.21. The number of hydrogen-bond donors (Lipinski definition) is 1. The summed E-state index contributed by atoms with van der Waals surface area (Å²) >= 11 is 0. The van der Waals surface area contributed by atoms with Crippen LogP contribution in [-0.2, 0) is 9.05 Å². The average molecular weight is 245 g/mol. The number of rotatable bonds is 1. The van der Waals surface area contributed by atoms with Gasteiger partial charge in [-0.3, -0.25) is 4.79 Å². The second-order valence-electron chi connectivity index (χ2n) is 2.85. The molecule has 0 saturated heterocycles. The molecule has 0 fully saturated rings. The van der Waals surface area contributed by atoms with Crippen molar-refractivity contribution in [2.75, 3.05) is 0 Å². The van der Waals surface area contributed by atoms with Gasteiger partial charge in [0.15, 0.2) is 0 Å². The van der Waals surface area contributed by atoms with Crippen LogP contribution in [0.4, 0.5) is 0 Å². The minimum absolute atomic E-state index is 0.0743. The Hall–Kier alpha value is -1.40. The van der Waals surface area contributed by atoms with Gasteiger partial charge < -0.3 is 4.98 Å². The van der Waals surface area contributed by atoms with E-state index in [0.29, 0.717) is 10.9 Å². The van der Waals surface area contributed by atoms with Crippen molar-refractivity contribution in [3.05, 3.63) is 34.9 Å². The summed E-state index contributed by atoms with van der Waals surface area (Å²) in [6.07, 6.45) is 1.20. The molecule has 0 saturated carbocycles. The lowest BCUT2D eigenvalue weighted by atomic mass is 10.2. The molecule has 2 aromatic rings. The molecule has 0 bridgehead atoms. The Labute approximate surface area is 89.1 Å². The van der Waals surface area contributed by atoms with Gasteiger partial charge in [0, 0.05) is 10.7 Å². The fourth-order valence-electron chi connectivity index (χ4n) is 1.20. The SMILES string of the molecule is O=c1[nH]cnc2cc(S(=O)(=O)Cl)ccc12. The first-order chi connectivity index (χ1) is 6.98. The summed E-state index contributed by atoms with van der Waals surface area (Å²) in [4.78, 5) is 17.4. The Morgan fingerprint density at radius 2 is 2.07 bits per heavy atom. The topological polar surface area (TPSA) is 79.9 Å². The molecule has 15 heavy (non-hydrogen) atoms. The van der Waals surface area contributed by atoms with Crippen molar-refractivity contribution in [3.63, 3.8) is 0 Å². The molecule has 2 rings (SSSR count). The van der Waals surface area contributed by atoms with Gasteiger partial charge in [-0.05, 0) is 18.2 Å². The molecular weight excluding hydrogens is 240 g/mol. The van der Waals surface area contributed by atoms with Gasteiger partial charge in [0.25, 0.3) is 14.6 Å². The average Bonchev–Trinajstić information content (AvgIpc) is 2.16. The van der Waals surface area contributed by atoms with E-state index in [-0.39, 0.29) is 10.5 Å². The van der Waals surface area contributed by atoms with Crippen molar-refractivity contribution in [2.24, 2.45) is 0 Å². The van der Waals surface area contributed by atoms with E-state index in [1.165, 1.54) is 24.5 Å². The van der Waals surface area contributed by atoms with E-state index in [0.717, 1.165) is 0 Å². The zero-order chi connectivity index (χ0) is 11.1. The number of nitrogens with zero attached hydrogens (tertiary/aromatic N) is 1. The first kappa shape index (κ1) is 10.1. The monoisotopic (exact) mass is 244 g/mol. The quantitative estimate of drug-likeness (QED) is 0.755. The molecule has 1 heterocycles. The number of nitrogens with one attached hydrogen (secondary N) is 1. The largest absolute Gasteiger partial charge is 0.313 e. The molecule has 5 nitrogen and oxygen atoms in total. The van der Waals surface area contributed by atoms with E-state index in [1.54, 1.807) is 0 Å². The van der Waals surface area contributed by atoms with Crippen LogP contribution in [0.25, 0.3) is 10.9 Å². The van der Waals surface area contributed by atoms with Crippen molar-refractivity contribution in [2.45, 2.75) is 4.90 Å². The smallest absolute Gasteiger partial charge is 0.261 e. The molecule has 0 amide bonds. The standard InChI is InChI=1S/C8H5ClN2O3S/c9-15(13,14)5-1-2-6-7(3-5)10-4-11-8(6)12/h1-4H,(H,10,11,12). The maximum absolute atomic E-state index is 11.3. The van der Waals surface area contributed by atoms with Gasteiger partial charge in [0.2, 0.25) is 0 Å². The van der Waals surface area contributed by atoms with E-state index < -0.39 is 9.05 Å². The molecule has 1 aromatic heterocycles. The summed E-state index contributed by atoms with van der Waals surface area (Å²) in [5.41, 5.74) is -0.0287. The molecule has 1 N–H and O–H groups in total. The fraction of sp³-hybridized carbons (Fsp3) is 0. The van der Waals surface area contributed by atoms with Crippen LogP contribution >= 0.6 is 10.7 Å². The number of H-pyrrole nitrogens is 1. The van der Waals surface area contributed by atoms with Crippen LogP contribution in [0.1, 0.15) is 0 Å². The Morgan fingerprint density at radius 1 is 1.33 bits per heavy atom. The molecule has 0 unspecified atom stereocenters. The Bertz CT molecular complexity index is 678. The number of benzene rings is 1. The van der Waals surface area contributed by atoms with Gasteiger partial charge in [-0.25, -0.2) is 13.4 Å². The summed E-state index contributed by atoms with van der Waals surface area (Å²) in [6, 6.07) is 3.89. The molecule has 0 aliphatic rings. The van der Waals surface area contributed by atoms with Crippen LogP contribution < -0.4 is 5.56 Å². The zero-order valence-electron chi connectivity index (χ0n) is 7.27. The third-order valence-electron chi connectivity index (χ3n) is 1.89. The minimum atomic E-state index is -3.79. The summed E-state index contributed by atoms with van der Waals surface area (Å²) in [5.74, 6) is 0.